The van der Waals surface area contributed by atoms with E-state index in [0.717, 1.165) is 23.3 Å². The van der Waals surface area contributed by atoms with Crippen LogP contribution < -0.4 is 10.5 Å². The maximum atomic E-state index is 12.2. The van der Waals surface area contributed by atoms with Crippen molar-refractivity contribution in [2.75, 3.05) is 18.9 Å². The van der Waals surface area contributed by atoms with Crippen molar-refractivity contribution in [2.45, 2.75) is 13.0 Å². The fourth-order valence-electron chi connectivity index (χ4n) is 2.52. The van der Waals surface area contributed by atoms with Crippen LogP contribution in [0.1, 0.15) is 22.3 Å². The molecular weight excluding hydrogens is 264 g/mol. The number of nitrogen functional groups attached to an aromatic ring is 1. The summed E-state index contributed by atoms with van der Waals surface area (Å²) in [6, 6.07) is 15.2. The van der Waals surface area contributed by atoms with Crippen LogP contribution in [0.25, 0.3) is 0 Å². The van der Waals surface area contributed by atoms with E-state index in [1.807, 2.05) is 47.4 Å². The summed E-state index contributed by atoms with van der Waals surface area (Å²) in [5.41, 5.74) is 8.16. The fraction of sp³-hybridized carbons (Fsp3) is 0.235. The Kier molecular flexibility index (Phi) is 3.77. The Hall–Kier alpha value is -2.49. The van der Waals surface area contributed by atoms with Crippen molar-refractivity contribution in [1.29, 1.82) is 0 Å². The summed E-state index contributed by atoms with van der Waals surface area (Å²) in [5.74, 6) is 0.929. The van der Waals surface area contributed by atoms with Crippen LogP contribution in [0.2, 0.25) is 0 Å². The van der Waals surface area contributed by atoms with Crippen LogP contribution in [0.5, 0.6) is 5.75 Å². The quantitative estimate of drug-likeness (QED) is 0.677. The molecule has 0 atom stereocenters. The Balaban J connectivity index is 1.50. The molecule has 1 heterocycles. The van der Waals surface area contributed by atoms with Crippen molar-refractivity contribution in [3.63, 3.8) is 0 Å². The zero-order chi connectivity index (χ0) is 14.7. The first-order valence-corrected chi connectivity index (χ1v) is 7.09. The number of hydrogen-bond donors (Lipinski definition) is 1. The smallest absolute Gasteiger partial charge is 0.254 e. The van der Waals surface area contributed by atoms with Crippen LogP contribution >= 0.6 is 0 Å². The third-order valence-electron chi connectivity index (χ3n) is 3.60. The van der Waals surface area contributed by atoms with Gasteiger partial charge in [0.1, 0.15) is 5.75 Å². The van der Waals surface area contributed by atoms with Gasteiger partial charge in [-0.05, 0) is 36.2 Å². The number of anilines is 1. The highest BCUT2D eigenvalue weighted by Gasteiger charge is 2.26. The lowest BCUT2D eigenvalue weighted by atomic mass is 10.1. The molecule has 108 valence electrons. The van der Waals surface area contributed by atoms with Gasteiger partial charge in [-0.2, -0.15) is 0 Å². The zero-order valence-corrected chi connectivity index (χ0v) is 11.8. The molecule has 4 heteroatoms. The van der Waals surface area contributed by atoms with Gasteiger partial charge in [-0.3, -0.25) is 4.79 Å². The summed E-state index contributed by atoms with van der Waals surface area (Å²) < 4.78 is 5.64. The number of nitrogens with zero attached hydrogens (tertiary/aromatic N) is 1. The minimum Gasteiger partial charge on any atom is -0.494 e. The molecule has 0 aromatic heterocycles. The third-order valence-corrected chi connectivity index (χ3v) is 3.60. The van der Waals surface area contributed by atoms with Gasteiger partial charge in [0.05, 0.1) is 6.61 Å². The molecule has 4 nitrogen and oxygen atoms in total. The molecule has 0 fully saturated rings. The van der Waals surface area contributed by atoms with Crippen LogP contribution in [0.15, 0.2) is 48.5 Å². The first kappa shape index (κ1) is 13.5. The van der Waals surface area contributed by atoms with Gasteiger partial charge in [0, 0.05) is 24.3 Å². The number of fused-ring (bicyclic) bond motifs is 1. The minimum absolute atomic E-state index is 0.0667. The van der Waals surface area contributed by atoms with E-state index in [-0.39, 0.29) is 5.91 Å². The summed E-state index contributed by atoms with van der Waals surface area (Å²) in [6.07, 6.45) is 0.810. The van der Waals surface area contributed by atoms with Crippen molar-refractivity contribution >= 4 is 11.6 Å². The molecule has 1 aliphatic rings. The molecule has 0 aliphatic carbocycles. The van der Waals surface area contributed by atoms with Gasteiger partial charge in [0.25, 0.3) is 5.91 Å². The Labute approximate surface area is 124 Å². The first-order valence-electron chi connectivity index (χ1n) is 7.09. The number of carbonyl (C=O) groups excluding carboxylic acids is 1. The third kappa shape index (κ3) is 2.99. The molecule has 2 N–H and O–H groups in total. The van der Waals surface area contributed by atoms with Crippen LogP contribution in [0, 0.1) is 0 Å². The van der Waals surface area contributed by atoms with E-state index in [0.29, 0.717) is 25.4 Å². The van der Waals surface area contributed by atoms with Crippen LogP contribution in [-0.4, -0.2) is 24.0 Å². The van der Waals surface area contributed by atoms with Gasteiger partial charge in [-0.1, -0.05) is 24.3 Å². The maximum absolute atomic E-state index is 12.2. The lowest BCUT2D eigenvalue weighted by Gasteiger charge is -2.15. The molecule has 0 unspecified atom stereocenters. The highest BCUT2D eigenvalue weighted by Crippen LogP contribution is 2.24. The molecule has 21 heavy (non-hydrogen) atoms. The average Bonchev–Trinajstić information content (AvgIpc) is 2.81. The van der Waals surface area contributed by atoms with E-state index in [1.165, 1.54) is 0 Å². The van der Waals surface area contributed by atoms with Gasteiger partial charge in [-0.15, -0.1) is 0 Å². The zero-order valence-electron chi connectivity index (χ0n) is 11.8. The Bertz CT molecular complexity index is 640. The Morgan fingerprint density at radius 1 is 1.14 bits per heavy atom. The number of carbonyl (C=O) groups is 1. The number of rotatable bonds is 5. The number of amides is 1. The van der Waals surface area contributed by atoms with E-state index < -0.39 is 0 Å². The van der Waals surface area contributed by atoms with Gasteiger partial charge >= 0.3 is 0 Å². The average molecular weight is 282 g/mol. The summed E-state index contributed by atoms with van der Waals surface area (Å²) in [4.78, 5) is 14.1. The minimum atomic E-state index is 0.0667. The standard InChI is InChI=1S/C17H18N2O2/c18-14-8-7-13-12-19(17(20)16(13)11-14)9-4-10-21-15-5-2-1-3-6-15/h1-3,5-8,11H,4,9-10,12,18H2. The second kappa shape index (κ2) is 5.87. The van der Waals surface area contributed by atoms with Crippen LogP contribution in [0.4, 0.5) is 5.69 Å². The van der Waals surface area contributed by atoms with E-state index in [4.69, 9.17) is 10.5 Å². The number of benzene rings is 2. The summed E-state index contributed by atoms with van der Waals surface area (Å²) >= 11 is 0. The Morgan fingerprint density at radius 2 is 1.95 bits per heavy atom. The topological polar surface area (TPSA) is 55.6 Å². The molecule has 0 saturated carbocycles. The molecule has 1 aliphatic heterocycles. The largest absolute Gasteiger partial charge is 0.494 e. The summed E-state index contributed by atoms with van der Waals surface area (Å²) in [5, 5.41) is 0. The van der Waals surface area contributed by atoms with Crippen LogP contribution in [0.3, 0.4) is 0 Å². The maximum Gasteiger partial charge on any atom is 0.254 e. The fourth-order valence-corrected chi connectivity index (χ4v) is 2.52. The van der Waals surface area contributed by atoms with Gasteiger partial charge in [0.15, 0.2) is 0 Å². The molecule has 0 bridgehead atoms. The van der Waals surface area contributed by atoms with E-state index in [9.17, 15) is 4.79 Å². The molecule has 2 aromatic carbocycles. The van der Waals surface area contributed by atoms with E-state index >= 15 is 0 Å². The summed E-state index contributed by atoms with van der Waals surface area (Å²) in [7, 11) is 0. The van der Waals surface area contributed by atoms with Gasteiger partial charge < -0.3 is 15.4 Å². The molecule has 0 spiro atoms. The predicted octanol–water partition coefficient (Wildman–Crippen LogP) is 2.69. The molecule has 2 aromatic rings. The molecule has 3 rings (SSSR count). The second-order valence-corrected chi connectivity index (χ2v) is 5.16. The second-order valence-electron chi connectivity index (χ2n) is 5.16. The highest BCUT2D eigenvalue weighted by molar-refractivity contribution is 5.99. The van der Waals surface area contributed by atoms with Crippen LogP contribution in [-0.2, 0) is 6.54 Å². The number of para-hydroxylation sites is 1. The molecule has 0 radical (unpaired) electrons. The van der Waals surface area contributed by atoms with E-state index in [1.54, 1.807) is 6.07 Å². The SMILES string of the molecule is Nc1ccc2c(c1)C(=O)N(CCCOc1ccccc1)C2. The lowest BCUT2D eigenvalue weighted by Crippen LogP contribution is -2.26. The lowest BCUT2D eigenvalue weighted by molar-refractivity contribution is 0.0770. The van der Waals surface area contributed by atoms with Crippen molar-refractivity contribution < 1.29 is 9.53 Å². The van der Waals surface area contributed by atoms with Crippen molar-refractivity contribution in [1.82, 2.24) is 4.90 Å². The molecule has 1 amide bonds. The number of nitrogens with two attached hydrogens (primary N) is 1. The number of ether oxygens (including phenoxy) is 1. The normalized spacial score (nSPS) is 13.3. The van der Waals surface area contributed by atoms with Crippen molar-refractivity contribution in [2.24, 2.45) is 0 Å². The molecular formula is C17H18N2O2. The van der Waals surface area contributed by atoms with Gasteiger partial charge in [-0.25, -0.2) is 0 Å². The monoisotopic (exact) mass is 282 g/mol. The summed E-state index contributed by atoms with van der Waals surface area (Å²) in [6.45, 7) is 1.96. The first-order chi connectivity index (χ1) is 10.2. The molecule has 0 saturated heterocycles. The van der Waals surface area contributed by atoms with Crippen molar-refractivity contribution in [3.05, 3.63) is 59.7 Å². The van der Waals surface area contributed by atoms with Gasteiger partial charge in [0.2, 0.25) is 0 Å². The number of hydrogen-bond acceptors (Lipinski definition) is 3. The highest BCUT2D eigenvalue weighted by atomic mass is 16.5. The Morgan fingerprint density at radius 3 is 2.76 bits per heavy atom. The predicted molar refractivity (Wildman–Crippen MR) is 82.1 cm³/mol. The van der Waals surface area contributed by atoms with E-state index in [2.05, 4.69) is 0 Å². The van der Waals surface area contributed by atoms with Crippen molar-refractivity contribution in [3.8, 4) is 5.75 Å².